The Balaban J connectivity index is 1.69. The Morgan fingerprint density at radius 2 is 2.07 bits per heavy atom. The van der Waals surface area contributed by atoms with Crippen LogP contribution in [0, 0.1) is 13.8 Å². The third-order valence-corrected chi connectivity index (χ3v) is 5.01. The van der Waals surface area contributed by atoms with Crippen LogP contribution in [0.15, 0.2) is 39.5 Å². The van der Waals surface area contributed by atoms with Crippen molar-refractivity contribution in [2.24, 2.45) is 0 Å². The minimum absolute atomic E-state index is 0.119. The van der Waals surface area contributed by atoms with Gasteiger partial charge < -0.3 is 9.73 Å². The lowest BCUT2D eigenvalue weighted by molar-refractivity contribution is -0.116. The maximum Gasteiger partial charge on any atom is 0.419 e. The highest BCUT2D eigenvalue weighted by molar-refractivity contribution is 5.95. The van der Waals surface area contributed by atoms with Gasteiger partial charge in [-0.2, -0.15) is 0 Å². The van der Waals surface area contributed by atoms with E-state index in [2.05, 4.69) is 15.4 Å². The average Bonchev–Trinajstić information content (AvgIpc) is 3.13. The number of aromatic nitrogens is 4. The number of anilines is 1. The molecule has 5 rings (SSSR count). The topological polar surface area (TPSA) is 94.4 Å². The van der Waals surface area contributed by atoms with Gasteiger partial charge in [0.15, 0.2) is 17.0 Å². The molecule has 8 heteroatoms. The Bertz CT molecular complexity index is 1280. The second kappa shape index (κ2) is 5.54. The first-order valence-corrected chi connectivity index (χ1v) is 8.76. The number of rotatable bonds is 2. The lowest BCUT2D eigenvalue weighted by Crippen LogP contribution is -2.27. The number of aryl methyl sites for hydroxylation is 2. The van der Waals surface area contributed by atoms with E-state index in [1.807, 2.05) is 38.1 Å². The van der Waals surface area contributed by atoms with Crippen molar-refractivity contribution in [1.82, 2.24) is 19.2 Å². The molecular formula is C19H17N5O3. The van der Waals surface area contributed by atoms with E-state index in [0.717, 1.165) is 17.0 Å². The second-order valence-electron chi connectivity index (χ2n) is 6.93. The smallest absolute Gasteiger partial charge is 0.408 e. The highest BCUT2D eigenvalue weighted by Crippen LogP contribution is 2.36. The van der Waals surface area contributed by atoms with Gasteiger partial charge in [0, 0.05) is 35.8 Å². The molecule has 136 valence electrons. The normalized spacial score (nSPS) is 16.7. The number of carbonyl (C=O) groups is 1. The largest absolute Gasteiger partial charge is 0.419 e. The van der Waals surface area contributed by atoms with Crippen LogP contribution in [0.1, 0.15) is 29.3 Å². The van der Waals surface area contributed by atoms with Crippen LogP contribution in [0.5, 0.6) is 0 Å². The lowest BCUT2D eigenvalue weighted by atomic mass is 9.93. The number of hydrogen-bond acceptors (Lipinski definition) is 5. The predicted octanol–water partition coefficient (Wildman–Crippen LogP) is 2.38. The van der Waals surface area contributed by atoms with Crippen LogP contribution in [-0.2, 0) is 11.3 Å². The summed E-state index contributed by atoms with van der Waals surface area (Å²) < 4.78 is 8.65. The number of nitrogens with zero attached hydrogens (tertiary/aromatic N) is 4. The van der Waals surface area contributed by atoms with Crippen molar-refractivity contribution >= 4 is 28.5 Å². The summed E-state index contributed by atoms with van der Waals surface area (Å²) in [6.45, 7) is 4.20. The fourth-order valence-corrected chi connectivity index (χ4v) is 3.88. The molecule has 0 fully saturated rings. The number of fused-ring (bicyclic) bond motifs is 4. The molecule has 27 heavy (non-hydrogen) atoms. The summed E-state index contributed by atoms with van der Waals surface area (Å²) in [6, 6.07) is 9.22. The molecular weight excluding hydrogens is 346 g/mol. The summed E-state index contributed by atoms with van der Waals surface area (Å²) in [6.07, 6.45) is 0.259. The van der Waals surface area contributed by atoms with E-state index in [9.17, 15) is 9.59 Å². The summed E-state index contributed by atoms with van der Waals surface area (Å²) in [4.78, 5) is 29.3. The van der Waals surface area contributed by atoms with Gasteiger partial charge in [-0.3, -0.25) is 9.36 Å². The second-order valence-corrected chi connectivity index (χ2v) is 6.93. The van der Waals surface area contributed by atoms with Crippen molar-refractivity contribution in [2.45, 2.75) is 32.7 Å². The number of nitrogens with one attached hydrogen (secondary N) is 1. The van der Waals surface area contributed by atoms with Gasteiger partial charge >= 0.3 is 5.76 Å². The Hall–Kier alpha value is -3.42. The molecule has 0 spiro atoms. The average molecular weight is 363 g/mol. The monoisotopic (exact) mass is 363 g/mol. The number of oxazole rings is 1. The summed E-state index contributed by atoms with van der Waals surface area (Å²) in [5.74, 6) is -0.261. The number of para-hydroxylation sites is 2. The van der Waals surface area contributed by atoms with Gasteiger partial charge in [0.1, 0.15) is 0 Å². The standard InChI is InChI=1S/C19H17N5O3/c1-10-7-11(2)24-18(20-10)16-12(8-15(25)21-17(16)22-24)9-23-13-5-3-4-6-14(13)27-19(23)26/h3-7,12H,8-9H2,1-2H3,(H,21,22,25). The Kier molecular flexibility index (Phi) is 3.24. The molecule has 4 heterocycles. The van der Waals surface area contributed by atoms with Gasteiger partial charge in [-0.1, -0.05) is 12.1 Å². The van der Waals surface area contributed by atoms with Crippen molar-refractivity contribution < 1.29 is 9.21 Å². The van der Waals surface area contributed by atoms with Gasteiger partial charge in [-0.15, -0.1) is 5.10 Å². The molecule has 0 bridgehead atoms. The van der Waals surface area contributed by atoms with E-state index in [0.29, 0.717) is 29.1 Å². The maximum absolute atomic E-state index is 12.4. The summed E-state index contributed by atoms with van der Waals surface area (Å²) in [7, 11) is 0. The van der Waals surface area contributed by atoms with Crippen molar-refractivity contribution in [1.29, 1.82) is 0 Å². The van der Waals surface area contributed by atoms with Gasteiger partial charge in [0.2, 0.25) is 5.91 Å². The molecule has 0 radical (unpaired) electrons. The highest BCUT2D eigenvalue weighted by Gasteiger charge is 2.32. The summed E-state index contributed by atoms with van der Waals surface area (Å²) in [5.41, 5.74) is 4.64. The van der Waals surface area contributed by atoms with E-state index in [4.69, 9.17) is 4.42 Å². The molecule has 0 saturated carbocycles. The zero-order valence-corrected chi connectivity index (χ0v) is 14.9. The molecule has 4 aromatic rings. The SMILES string of the molecule is Cc1cc(C)n2nc3c(c2n1)C(Cn1c(=O)oc2ccccc21)CC(=O)N3. The number of amides is 1. The van der Waals surface area contributed by atoms with E-state index in [1.165, 1.54) is 0 Å². The third kappa shape index (κ3) is 2.37. The molecule has 1 amide bonds. The molecule has 1 atom stereocenters. The van der Waals surface area contributed by atoms with E-state index in [1.54, 1.807) is 15.1 Å². The first-order valence-electron chi connectivity index (χ1n) is 8.76. The van der Waals surface area contributed by atoms with Crippen LogP contribution in [-0.4, -0.2) is 25.1 Å². The van der Waals surface area contributed by atoms with Crippen LogP contribution in [0.4, 0.5) is 5.82 Å². The van der Waals surface area contributed by atoms with Gasteiger partial charge in [-0.05, 0) is 32.0 Å². The molecule has 1 aliphatic rings. The van der Waals surface area contributed by atoms with Crippen LogP contribution in [0.3, 0.4) is 0 Å². The quantitative estimate of drug-likeness (QED) is 0.590. The molecule has 3 aromatic heterocycles. The van der Waals surface area contributed by atoms with E-state index < -0.39 is 5.76 Å². The summed E-state index contributed by atoms with van der Waals surface area (Å²) >= 11 is 0. The zero-order chi connectivity index (χ0) is 18.7. The first kappa shape index (κ1) is 15.8. The van der Waals surface area contributed by atoms with Crippen molar-refractivity contribution in [3.8, 4) is 0 Å². The predicted molar refractivity (Wildman–Crippen MR) is 98.9 cm³/mol. The van der Waals surface area contributed by atoms with Crippen LogP contribution < -0.4 is 11.1 Å². The van der Waals surface area contributed by atoms with Crippen molar-refractivity contribution in [2.75, 3.05) is 5.32 Å². The first-order chi connectivity index (χ1) is 13.0. The lowest BCUT2D eigenvalue weighted by Gasteiger charge is -2.21. The highest BCUT2D eigenvalue weighted by atomic mass is 16.4. The maximum atomic E-state index is 12.4. The Morgan fingerprint density at radius 1 is 1.26 bits per heavy atom. The van der Waals surface area contributed by atoms with E-state index in [-0.39, 0.29) is 18.2 Å². The van der Waals surface area contributed by atoms with Crippen molar-refractivity contribution in [3.63, 3.8) is 0 Å². The molecule has 0 saturated heterocycles. The van der Waals surface area contributed by atoms with Gasteiger partial charge in [-0.25, -0.2) is 14.3 Å². The fourth-order valence-electron chi connectivity index (χ4n) is 3.88. The van der Waals surface area contributed by atoms with Crippen LogP contribution in [0.2, 0.25) is 0 Å². The summed E-state index contributed by atoms with van der Waals surface area (Å²) in [5, 5.41) is 7.36. The molecule has 0 aliphatic carbocycles. The Morgan fingerprint density at radius 3 is 2.93 bits per heavy atom. The molecule has 1 aliphatic heterocycles. The number of carbonyl (C=O) groups excluding carboxylic acids is 1. The van der Waals surface area contributed by atoms with Crippen molar-refractivity contribution in [3.05, 3.63) is 57.8 Å². The minimum atomic E-state index is -0.430. The Labute approximate surface area is 153 Å². The number of hydrogen-bond donors (Lipinski definition) is 1. The van der Waals surface area contributed by atoms with Crippen LogP contribution >= 0.6 is 0 Å². The molecule has 1 unspecified atom stereocenters. The van der Waals surface area contributed by atoms with E-state index >= 15 is 0 Å². The number of benzene rings is 1. The molecule has 1 aromatic carbocycles. The van der Waals surface area contributed by atoms with Crippen LogP contribution in [0.25, 0.3) is 16.7 Å². The van der Waals surface area contributed by atoms with Gasteiger partial charge in [0.25, 0.3) is 0 Å². The molecule has 1 N–H and O–H groups in total. The minimum Gasteiger partial charge on any atom is -0.408 e. The van der Waals surface area contributed by atoms with Gasteiger partial charge in [0.05, 0.1) is 5.52 Å². The fraction of sp³-hybridized carbons (Fsp3) is 0.263. The zero-order valence-electron chi connectivity index (χ0n) is 14.9. The third-order valence-electron chi connectivity index (χ3n) is 5.01. The molecule has 8 nitrogen and oxygen atoms in total.